The van der Waals surface area contributed by atoms with E-state index in [1.54, 1.807) is 0 Å². The largest absolute Gasteiger partial charge is 0.439 e. The molecule has 0 aromatic rings. The van der Waals surface area contributed by atoms with Crippen LogP contribution in [0, 0.1) is 0 Å². The second-order valence-electron chi connectivity index (χ2n) is 5.91. The second-order valence-corrected chi connectivity index (χ2v) is 5.91. The summed E-state index contributed by atoms with van der Waals surface area (Å²) in [6, 6.07) is -0.806. The van der Waals surface area contributed by atoms with Crippen molar-refractivity contribution in [3.05, 3.63) is 0 Å². The molecule has 0 saturated heterocycles. The van der Waals surface area contributed by atoms with Crippen LogP contribution in [0.15, 0.2) is 0 Å². The van der Waals surface area contributed by atoms with Gasteiger partial charge >= 0.3 is 12.2 Å². The van der Waals surface area contributed by atoms with Gasteiger partial charge in [-0.05, 0) is 45.7 Å². The zero-order chi connectivity index (χ0) is 21.7. The number of hydrogen-bond acceptors (Lipinski definition) is 9. The molecular formula is C17H34N4O8. The molecule has 0 aliphatic rings. The van der Waals surface area contributed by atoms with E-state index in [4.69, 9.17) is 4.74 Å². The van der Waals surface area contributed by atoms with Gasteiger partial charge in [-0.3, -0.25) is 14.6 Å². The molecule has 0 spiro atoms. The summed E-state index contributed by atoms with van der Waals surface area (Å²) >= 11 is 0. The van der Waals surface area contributed by atoms with Gasteiger partial charge in [0.15, 0.2) is 0 Å². The van der Waals surface area contributed by atoms with Crippen molar-refractivity contribution in [3.63, 3.8) is 0 Å². The number of amides is 3. The highest BCUT2D eigenvalue weighted by molar-refractivity contribution is 5.85. The summed E-state index contributed by atoms with van der Waals surface area (Å²) in [5.41, 5.74) is 0. The maximum absolute atomic E-state index is 12.3. The third-order valence-electron chi connectivity index (χ3n) is 3.63. The zero-order valence-electron chi connectivity index (χ0n) is 17.4. The zero-order valence-corrected chi connectivity index (χ0v) is 17.4. The fourth-order valence-electron chi connectivity index (χ4n) is 2.26. The van der Waals surface area contributed by atoms with E-state index in [1.165, 1.54) is 14.2 Å². The first kappa shape index (κ1) is 26.9. The van der Waals surface area contributed by atoms with Crippen molar-refractivity contribution in [1.82, 2.24) is 21.3 Å². The van der Waals surface area contributed by atoms with Crippen LogP contribution < -0.4 is 21.3 Å². The molecule has 3 amide bonds. The van der Waals surface area contributed by atoms with Crippen molar-refractivity contribution in [1.29, 1.82) is 0 Å². The molecule has 12 nitrogen and oxygen atoms in total. The van der Waals surface area contributed by atoms with Crippen LogP contribution in [0.5, 0.6) is 0 Å². The maximum Gasteiger partial charge on any atom is 0.439 e. The Morgan fingerprint density at radius 2 is 1.48 bits per heavy atom. The van der Waals surface area contributed by atoms with E-state index in [-0.39, 0.29) is 5.91 Å². The number of nitrogens with one attached hydrogen (secondary N) is 4. The Labute approximate surface area is 171 Å². The van der Waals surface area contributed by atoms with Gasteiger partial charge in [-0.2, -0.15) is 9.78 Å². The van der Waals surface area contributed by atoms with Crippen molar-refractivity contribution >= 4 is 18.1 Å². The first-order valence-electron chi connectivity index (χ1n) is 9.54. The van der Waals surface area contributed by atoms with Crippen LogP contribution in [0.1, 0.15) is 32.1 Å². The number of ether oxygens (including phenoxy) is 1. The number of carbonyl (C=O) groups is 3. The second kappa shape index (κ2) is 19.2. The Bertz CT molecular complexity index is 453. The summed E-state index contributed by atoms with van der Waals surface area (Å²) in [5, 5.41) is 10.7. The van der Waals surface area contributed by atoms with Crippen LogP contribution in [-0.4, -0.2) is 78.3 Å². The molecule has 0 bridgehead atoms. The van der Waals surface area contributed by atoms with Crippen LogP contribution in [0.4, 0.5) is 9.59 Å². The van der Waals surface area contributed by atoms with E-state index in [2.05, 4.69) is 40.8 Å². The van der Waals surface area contributed by atoms with Crippen molar-refractivity contribution < 1.29 is 38.7 Å². The smallest absolute Gasteiger partial charge is 0.380 e. The minimum absolute atomic E-state index is 0.326. The van der Waals surface area contributed by atoms with E-state index in [9.17, 15) is 14.4 Å². The lowest BCUT2D eigenvalue weighted by molar-refractivity contribution is -0.213. The molecular weight excluding hydrogens is 388 g/mol. The summed E-state index contributed by atoms with van der Waals surface area (Å²) in [6.07, 6.45) is 1.86. The van der Waals surface area contributed by atoms with Crippen molar-refractivity contribution in [2.24, 2.45) is 0 Å². The van der Waals surface area contributed by atoms with Gasteiger partial charge in [0.25, 0.3) is 0 Å². The van der Waals surface area contributed by atoms with Gasteiger partial charge in [-0.15, -0.1) is 0 Å². The molecule has 0 heterocycles. The van der Waals surface area contributed by atoms with Gasteiger partial charge in [0, 0.05) is 19.7 Å². The highest BCUT2D eigenvalue weighted by atomic mass is 17.2. The van der Waals surface area contributed by atoms with E-state index < -0.39 is 18.2 Å². The Morgan fingerprint density at radius 1 is 0.793 bits per heavy atom. The Balaban J connectivity index is 4.15. The van der Waals surface area contributed by atoms with Gasteiger partial charge in [0.2, 0.25) is 5.91 Å². The lowest BCUT2D eigenvalue weighted by Gasteiger charge is -2.17. The molecule has 4 N–H and O–H groups in total. The van der Waals surface area contributed by atoms with Crippen molar-refractivity contribution in [2.75, 3.05) is 54.1 Å². The summed E-state index contributed by atoms with van der Waals surface area (Å²) in [7, 11) is 4.31. The first-order valence-corrected chi connectivity index (χ1v) is 9.54. The molecule has 0 aliphatic carbocycles. The number of carbonyl (C=O) groups excluding carboxylic acids is 3. The minimum Gasteiger partial charge on any atom is -0.380 e. The van der Waals surface area contributed by atoms with E-state index in [0.29, 0.717) is 45.6 Å². The molecule has 0 rings (SSSR count). The number of hydrogen-bond donors (Lipinski definition) is 4. The lowest BCUT2D eigenvalue weighted by atomic mass is 10.1. The normalized spacial score (nSPS) is 11.4. The van der Waals surface area contributed by atoms with Crippen LogP contribution in [0.3, 0.4) is 0 Å². The predicted octanol–water partition coefficient (Wildman–Crippen LogP) is 0.233. The average molecular weight is 422 g/mol. The van der Waals surface area contributed by atoms with Crippen molar-refractivity contribution in [3.8, 4) is 0 Å². The molecule has 170 valence electrons. The summed E-state index contributed by atoms with van der Waals surface area (Å²) < 4.78 is 5.45. The standard InChI is InChI=1S/C17H34N4O8/c1-18-9-6-7-12-27-13-11-19-15(22)14(21-17(24)29-26-3)8-4-5-10-20-16(23)28-25-2/h14,18H,4-13H2,1-3H3,(H,19,22)(H,20,23)(H,21,24). The first-order chi connectivity index (χ1) is 14.0. The predicted molar refractivity (Wildman–Crippen MR) is 103 cm³/mol. The Kier molecular flexibility index (Phi) is 17.8. The molecule has 1 atom stereocenters. The average Bonchev–Trinajstić information content (AvgIpc) is 2.69. The number of rotatable bonds is 17. The van der Waals surface area contributed by atoms with E-state index in [1.807, 2.05) is 7.05 Å². The van der Waals surface area contributed by atoms with E-state index >= 15 is 0 Å². The monoisotopic (exact) mass is 422 g/mol. The molecule has 0 aromatic heterocycles. The molecule has 0 aromatic carbocycles. The fourth-order valence-corrected chi connectivity index (χ4v) is 2.26. The lowest BCUT2D eigenvalue weighted by Crippen LogP contribution is -2.47. The minimum atomic E-state index is -0.866. The Hall–Kier alpha value is -2.15. The third-order valence-corrected chi connectivity index (χ3v) is 3.63. The molecule has 0 fully saturated rings. The third kappa shape index (κ3) is 16.5. The van der Waals surface area contributed by atoms with Gasteiger partial charge < -0.3 is 26.0 Å². The summed E-state index contributed by atoms with van der Waals surface area (Å²) in [6.45, 7) is 2.60. The Morgan fingerprint density at radius 3 is 2.17 bits per heavy atom. The van der Waals surface area contributed by atoms with Crippen LogP contribution >= 0.6 is 0 Å². The maximum atomic E-state index is 12.3. The van der Waals surface area contributed by atoms with Crippen LogP contribution in [0.2, 0.25) is 0 Å². The van der Waals surface area contributed by atoms with Gasteiger partial charge in [0.1, 0.15) is 6.04 Å². The highest BCUT2D eigenvalue weighted by Gasteiger charge is 2.21. The summed E-state index contributed by atoms with van der Waals surface area (Å²) in [5.74, 6) is -0.358. The quantitative estimate of drug-likeness (QED) is 0.147. The number of unbranched alkanes of at least 4 members (excludes halogenated alkanes) is 2. The van der Waals surface area contributed by atoms with Gasteiger partial charge in [-0.1, -0.05) is 0 Å². The van der Waals surface area contributed by atoms with Gasteiger partial charge in [0.05, 0.1) is 20.8 Å². The van der Waals surface area contributed by atoms with E-state index in [0.717, 1.165) is 19.4 Å². The molecule has 0 aliphatic heterocycles. The van der Waals surface area contributed by atoms with Crippen LogP contribution in [-0.2, 0) is 29.1 Å². The van der Waals surface area contributed by atoms with Crippen molar-refractivity contribution in [2.45, 2.75) is 38.1 Å². The summed E-state index contributed by atoms with van der Waals surface area (Å²) in [4.78, 5) is 52.1. The fraction of sp³-hybridized carbons (Fsp3) is 0.824. The van der Waals surface area contributed by atoms with Crippen LogP contribution in [0.25, 0.3) is 0 Å². The molecule has 0 saturated carbocycles. The molecule has 0 radical (unpaired) electrons. The topological polar surface area (TPSA) is 145 Å². The molecule has 29 heavy (non-hydrogen) atoms. The molecule has 12 heteroatoms. The SMILES string of the molecule is CNCCCCOCCNC(=O)C(CCCCNC(=O)OOC)NC(=O)OOC. The highest BCUT2D eigenvalue weighted by Crippen LogP contribution is 2.02. The van der Waals surface area contributed by atoms with Gasteiger partial charge in [-0.25, -0.2) is 9.59 Å². The molecule has 1 unspecified atom stereocenters.